The fourth-order valence-corrected chi connectivity index (χ4v) is 10.9. The van der Waals surface area contributed by atoms with Crippen LogP contribution in [0.3, 0.4) is 0 Å². The van der Waals surface area contributed by atoms with Crippen molar-refractivity contribution in [2.24, 2.45) is 0 Å². The molecule has 27 heteroatoms. The zero-order valence-corrected chi connectivity index (χ0v) is 67.7. The number of hydrogen-bond acceptors (Lipinski definition) is 10. The van der Waals surface area contributed by atoms with Crippen LogP contribution in [-0.2, 0) is 50.3 Å². The number of aliphatic hydroxyl groups excluding tert-OH is 2. The molecule has 0 amide bonds. The van der Waals surface area contributed by atoms with Crippen molar-refractivity contribution >= 4 is 81.2 Å². The van der Waals surface area contributed by atoms with Gasteiger partial charge in [0.1, 0.15) is 12.6 Å². The van der Waals surface area contributed by atoms with Crippen LogP contribution in [-0.4, -0.2) is 88.2 Å². The summed E-state index contributed by atoms with van der Waals surface area (Å²) < 4.78 is 148. The van der Waals surface area contributed by atoms with Gasteiger partial charge in [0.25, 0.3) is 0 Å². The summed E-state index contributed by atoms with van der Waals surface area (Å²) in [6.07, 6.45) is -15.7. The van der Waals surface area contributed by atoms with Gasteiger partial charge >= 0.3 is 38.9 Å². The molecule has 0 aromatic heterocycles. The molecule has 0 bridgehead atoms. The summed E-state index contributed by atoms with van der Waals surface area (Å²) in [6, 6.07) is 80.2. The average molecular weight is 1770 g/mol. The molecule has 0 radical (unpaired) electrons. The molecule has 0 saturated heterocycles. The van der Waals surface area contributed by atoms with Gasteiger partial charge in [0, 0.05) is 45.6 Å². The zero-order valence-electron chi connectivity index (χ0n) is 63.8. The Labute approximate surface area is 695 Å². The van der Waals surface area contributed by atoms with Crippen LogP contribution >= 0.6 is 43.5 Å². The molecule has 614 valence electrons. The summed E-state index contributed by atoms with van der Waals surface area (Å²) in [5, 5.41) is 55.4. The number of alkyl halides is 13. The Bertz CT molecular complexity index is 4650. The predicted molar refractivity (Wildman–Crippen MR) is 449 cm³/mol. The third-order valence-corrected chi connectivity index (χ3v) is 18.5. The van der Waals surface area contributed by atoms with Crippen LogP contribution in [0.2, 0.25) is 0 Å². The normalized spacial score (nSPS) is 10.9. The van der Waals surface area contributed by atoms with Crippen LogP contribution in [0, 0.1) is 13.8 Å². The molecule has 0 aliphatic heterocycles. The quantitative estimate of drug-likeness (QED) is 0.0144. The first-order chi connectivity index (χ1) is 55.5. The first-order valence-electron chi connectivity index (χ1n) is 36.0. The Morgan fingerprint density at radius 2 is 0.581 bits per heavy atom. The van der Waals surface area contributed by atoms with Crippen LogP contribution in [0.15, 0.2) is 300 Å². The molecule has 0 saturated carbocycles. The van der Waals surface area contributed by atoms with E-state index in [0.29, 0.717) is 22.6 Å². The highest BCUT2D eigenvalue weighted by Gasteiger charge is 2.33. The van der Waals surface area contributed by atoms with E-state index in [2.05, 4.69) is 143 Å². The maximum absolute atomic E-state index is 12.4. The zero-order chi connectivity index (χ0) is 86.3. The Kier molecular flexibility index (Phi) is 41.3. The van der Waals surface area contributed by atoms with Gasteiger partial charge in [-0.15, -0.1) is 11.6 Å². The van der Waals surface area contributed by atoms with E-state index in [1.54, 1.807) is 36.4 Å². The van der Waals surface area contributed by atoms with Crippen molar-refractivity contribution in [2.75, 3.05) is 26.2 Å². The van der Waals surface area contributed by atoms with E-state index in [1.807, 2.05) is 84.9 Å². The molecule has 0 spiro atoms. The third kappa shape index (κ3) is 35.9. The molecule has 117 heavy (non-hydrogen) atoms. The second kappa shape index (κ2) is 49.4. The highest BCUT2D eigenvalue weighted by molar-refractivity contribution is 9.10. The largest absolute Gasteiger partial charge is 0.488 e. The second-order valence-corrected chi connectivity index (χ2v) is 27.7. The van der Waals surface area contributed by atoms with Crippen molar-refractivity contribution < 1.29 is 92.6 Å². The van der Waals surface area contributed by atoms with E-state index in [0.717, 1.165) is 166 Å². The summed E-state index contributed by atoms with van der Waals surface area (Å²) in [6.45, 7) is 14.1. The van der Waals surface area contributed by atoms with Crippen LogP contribution in [0.4, 0.5) is 52.7 Å². The molecule has 12 aromatic carbocycles. The molecular formula is C90H85B2Br2ClF12N2O8. The lowest BCUT2D eigenvalue weighted by Crippen LogP contribution is -2.31. The van der Waals surface area contributed by atoms with Crippen molar-refractivity contribution in [3.05, 3.63) is 367 Å². The van der Waals surface area contributed by atoms with Crippen LogP contribution < -0.4 is 16.2 Å². The average Bonchev–Trinajstić information content (AvgIpc) is 0.827. The standard InChI is InChI=1S/C20H28N2.C14H10ClF3.C14H11F3O.C14H12O.2C7H6BF3O2.C7H7BrO.C7H5BrO/c1-4-22(5-2)15-14-21-16-18-8-12-20(13-9-18)19-10-6-17(3)7-11-19;15-9-10-1-3-11(4-2-10)12-5-7-13(8-6-12)14(16,17)18;15-14(16,17)13-7-5-12(6-8-13)11-3-1-10(9-18)2-4-11;1-11-2-6-13(7-3-11)14-8-4-12(10-15)5-9-14;2*9-7(10,11)5-1-3-6(4-2-5)8(12)13;2*8-7-3-1-6(5-9)2-4-7/h6-13,21H,4-5,14-16H2,1-3H3;1-8H,9H2;1-8,18H,9H2;2-10H,1H3;2*1-4,12-13H;1-4,9H,5H2;1-5H. The smallest absolute Gasteiger partial charge is 0.423 e. The number of nitrogens with zero attached hydrogens (tertiary/aromatic N) is 1. The van der Waals surface area contributed by atoms with Gasteiger partial charge in [-0.1, -0.05) is 299 Å². The molecular weight excluding hydrogens is 1680 g/mol. The molecule has 0 aliphatic carbocycles. The lowest BCUT2D eigenvalue weighted by molar-refractivity contribution is -0.138. The van der Waals surface area contributed by atoms with Crippen molar-refractivity contribution in [3.63, 3.8) is 0 Å². The molecule has 0 aliphatic rings. The minimum Gasteiger partial charge on any atom is -0.423 e. The number of halogens is 15. The van der Waals surface area contributed by atoms with Crippen molar-refractivity contribution in [3.8, 4) is 44.5 Å². The number of benzene rings is 12. The van der Waals surface area contributed by atoms with Gasteiger partial charge in [0.15, 0.2) is 0 Å². The van der Waals surface area contributed by atoms with Crippen molar-refractivity contribution in [1.29, 1.82) is 0 Å². The number of likely N-dealkylation sites (N-methyl/N-ethyl adjacent to an activating group) is 1. The Hall–Kier alpha value is -9.80. The minimum absolute atomic E-state index is 0.0352. The maximum atomic E-state index is 12.4. The number of nitrogens with one attached hydrogen (secondary N) is 1. The Balaban J connectivity index is 0.000000242. The second-order valence-electron chi connectivity index (χ2n) is 25.6. The molecule has 12 rings (SSSR count). The molecule has 0 atom stereocenters. The fraction of sp³-hybridized carbons (Fsp3) is 0.178. The number of hydrogen-bond donors (Lipinski definition) is 7. The van der Waals surface area contributed by atoms with E-state index < -0.39 is 61.2 Å². The molecule has 12 aromatic rings. The summed E-state index contributed by atoms with van der Waals surface area (Å²) in [4.78, 5) is 23.0. The first-order valence-corrected chi connectivity index (χ1v) is 38.2. The van der Waals surface area contributed by atoms with E-state index in [9.17, 15) is 62.3 Å². The number of rotatable bonds is 18. The van der Waals surface area contributed by atoms with Gasteiger partial charge in [0.2, 0.25) is 0 Å². The summed E-state index contributed by atoms with van der Waals surface area (Å²) >= 11 is 12.2. The van der Waals surface area contributed by atoms with Gasteiger partial charge in [-0.25, -0.2) is 0 Å². The molecule has 0 unspecified atom stereocenters. The molecule has 0 heterocycles. The van der Waals surface area contributed by atoms with Gasteiger partial charge in [-0.3, -0.25) is 9.59 Å². The number of aryl methyl sites for hydroxylation is 2. The third-order valence-electron chi connectivity index (χ3n) is 17.1. The van der Waals surface area contributed by atoms with Gasteiger partial charge < -0.3 is 40.5 Å². The number of carbonyl (C=O) groups excluding carboxylic acids is 2. The van der Waals surface area contributed by atoms with E-state index in [4.69, 9.17) is 41.9 Å². The highest BCUT2D eigenvalue weighted by Crippen LogP contribution is 2.34. The minimum atomic E-state index is -4.39. The first kappa shape index (κ1) is 97.8. The summed E-state index contributed by atoms with van der Waals surface area (Å²) in [5.74, 6) is 0.424. The summed E-state index contributed by atoms with van der Waals surface area (Å²) in [7, 11) is -3.47. The molecule has 10 nitrogen and oxygen atoms in total. The van der Waals surface area contributed by atoms with Gasteiger partial charge in [-0.2, -0.15) is 52.7 Å². The topological polar surface area (TPSA) is 171 Å². The lowest BCUT2D eigenvalue weighted by atomic mass is 9.80. The van der Waals surface area contributed by atoms with Crippen molar-refractivity contribution in [1.82, 2.24) is 10.2 Å². The molecule has 7 N–H and O–H groups in total. The van der Waals surface area contributed by atoms with Crippen LogP contribution in [0.25, 0.3) is 44.5 Å². The fourth-order valence-electron chi connectivity index (χ4n) is 10.2. The van der Waals surface area contributed by atoms with Crippen LogP contribution in [0.1, 0.15) is 90.2 Å². The lowest BCUT2D eigenvalue weighted by Gasteiger charge is -2.18. The Morgan fingerprint density at radius 3 is 0.838 bits per heavy atom. The Morgan fingerprint density at radius 1 is 0.350 bits per heavy atom. The number of aliphatic hydroxyl groups is 2. The predicted octanol–water partition coefficient (Wildman–Crippen LogP) is 21.5. The SMILES string of the molecule is CCN(CC)CCNCc1ccc(-c2ccc(C)cc2)cc1.Cc1ccc(-c2ccc(C=O)cc2)cc1.FC(F)(F)c1ccc(-c2ccc(CCl)cc2)cc1.O=Cc1ccc(Br)cc1.OB(O)c1ccc(C(F)(F)F)cc1.OB(O)c1ccc(C(F)(F)F)cc1.OCc1ccc(-c2ccc(C(F)(F)F)cc2)cc1.OCc1ccc(Br)cc1. The number of carbonyl (C=O) groups is 2. The van der Waals surface area contributed by atoms with Gasteiger partial charge in [0.05, 0.1) is 35.5 Å². The summed E-state index contributed by atoms with van der Waals surface area (Å²) in [5.41, 5.74) is 13.2. The maximum Gasteiger partial charge on any atom is 0.488 e. The van der Waals surface area contributed by atoms with E-state index in [-0.39, 0.29) is 24.1 Å². The number of aldehydes is 2. The van der Waals surface area contributed by atoms with Crippen LogP contribution in [0.5, 0.6) is 0 Å². The monoisotopic (exact) mass is 1760 g/mol. The highest BCUT2D eigenvalue weighted by atomic mass is 79.9. The van der Waals surface area contributed by atoms with Crippen molar-refractivity contribution in [2.45, 2.75) is 78.0 Å². The van der Waals surface area contributed by atoms with E-state index in [1.165, 1.54) is 57.6 Å². The molecule has 0 fully saturated rings. The van der Waals surface area contributed by atoms with E-state index >= 15 is 0 Å². The van der Waals surface area contributed by atoms with Gasteiger partial charge in [-0.05, 0) is 153 Å².